The third-order valence-corrected chi connectivity index (χ3v) is 2.86. The first-order valence-corrected chi connectivity index (χ1v) is 5.56. The smallest absolute Gasteiger partial charge is 0.172 e. The van der Waals surface area contributed by atoms with E-state index in [0.29, 0.717) is 11.1 Å². The molecule has 0 radical (unpaired) electrons. The van der Waals surface area contributed by atoms with Crippen molar-refractivity contribution in [3.63, 3.8) is 0 Å². The molecular formula is C15H13FO2. The molecule has 0 N–H and O–H groups in total. The van der Waals surface area contributed by atoms with Gasteiger partial charge in [0.2, 0.25) is 0 Å². The van der Waals surface area contributed by atoms with E-state index >= 15 is 0 Å². The molecule has 2 nitrogen and oxygen atoms in total. The van der Waals surface area contributed by atoms with Gasteiger partial charge in [0.15, 0.2) is 11.6 Å². The molecule has 0 fully saturated rings. The summed E-state index contributed by atoms with van der Waals surface area (Å²) in [6.45, 7) is 1.85. The zero-order valence-electron chi connectivity index (χ0n) is 10.2. The van der Waals surface area contributed by atoms with Gasteiger partial charge in [0.1, 0.15) is 6.29 Å². The van der Waals surface area contributed by atoms with Gasteiger partial charge in [0.05, 0.1) is 7.11 Å². The van der Waals surface area contributed by atoms with Crippen LogP contribution in [0.5, 0.6) is 5.75 Å². The van der Waals surface area contributed by atoms with Crippen LogP contribution in [0.2, 0.25) is 0 Å². The van der Waals surface area contributed by atoms with E-state index in [1.54, 1.807) is 36.4 Å². The molecule has 0 aliphatic heterocycles. The molecule has 2 rings (SSSR count). The van der Waals surface area contributed by atoms with E-state index < -0.39 is 0 Å². The number of ether oxygens (including phenoxy) is 1. The fourth-order valence-electron chi connectivity index (χ4n) is 1.94. The number of rotatable bonds is 3. The molecule has 2 aromatic carbocycles. The third-order valence-electron chi connectivity index (χ3n) is 2.86. The van der Waals surface area contributed by atoms with Crippen molar-refractivity contribution in [1.29, 1.82) is 0 Å². The van der Waals surface area contributed by atoms with Gasteiger partial charge in [0.25, 0.3) is 0 Å². The Morgan fingerprint density at radius 1 is 1.17 bits per heavy atom. The first-order valence-electron chi connectivity index (χ1n) is 5.56. The molecule has 0 spiro atoms. The van der Waals surface area contributed by atoms with Crippen molar-refractivity contribution < 1.29 is 13.9 Å². The number of hydrogen-bond acceptors (Lipinski definition) is 2. The SMILES string of the molecule is COc1cccc(-c2ccc(C=O)cc2C)c1F. The van der Waals surface area contributed by atoms with E-state index in [1.807, 2.05) is 6.92 Å². The Morgan fingerprint density at radius 2 is 1.94 bits per heavy atom. The Hall–Kier alpha value is -2.16. The second kappa shape index (κ2) is 5.00. The highest BCUT2D eigenvalue weighted by Crippen LogP contribution is 2.31. The quantitative estimate of drug-likeness (QED) is 0.771. The fraction of sp³-hybridized carbons (Fsp3) is 0.133. The van der Waals surface area contributed by atoms with Crippen LogP contribution >= 0.6 is 0 Å². The summed E-state index contributed by atoms with van der Waals surface area (Å²) >= 11 is 0. The second-order valence-electron chi connectivity index (χ2n) is 4.01. The zero-order chi connectivity index (χ0) is 13.1. The van der Waals surface area contributed by atoms with Gasteiger partial charge in [0, 0.05) is 11.1 Å². The molecule has 0 unspecified atom stereocenters. The number of carbonyl (C=O) groups is 1. The van der Waals surface area contributed by atoms with Crippen LogP contribution in [0.1, 0.15) is 15.9 Å². The molecule has 0 aliphatic carbocycles. The lowest BCUT2D eigenvalue weighted by Crippen LogP contribution is -1.93. The van der Waals surface area contributed by atoms with Crippen LogP contribution in [-0.2, 0) is 0 Å². The first kappa shape index (κ1) is 12.3. The normalized spacial score (nSPS) is 10.2. The van der Waals surface area contributed by atoms with Gasteiger partial charge in [-0.15, -0.1) is 0 Å². The maximum Gasteiger partial charge on any atom is 0.172 e. The minimum atomic E-state index is -0.387. The second-order valence-corrected chi connectivity index (χ2v) is 4.01. The lowest BCUT2D eigenvalue weighted by molar-refractivity contribution is 0.112. The Morgan fingerprint density at radius 3 is 2.56 bits per heavy atom. The largest absolute Gasteiger partial charge is 0.494 e. The van der Waals surface area contributed by atoms with Crippen molar-refractivity contribution in [1.82, 2.24) is 0 Å². The van der Waals surface area contributed by atoms with Gasteiger partial charge in [-0.05, 0) is 30.2 Å². The predicted molar refractivity (Wildman–Crippen MR) is 68.5 cm³/mol. The van der Waals surface area contributed by atoms with Crippen molar-refractivity contribution in [3.8, 4) is 16.9 Å². The maximum atomic E-state index is 14.1. The fourth-order valence-corrected chi connectivity index (χ4v) is 1.94. The number of aryl methyl sites for hydroxylation is 1. The van der Waals surface area contributed by atoms with Crippen LogP contribution in [0.25, 0.3) is 11.1 Å². The molecule has 0 aliphatic rings. The molecule has 0 amide bonds. The van der Waals surface area contributed by atoms with Crippen LogP contribution in [-0.4, -0.2) is 13.4 Å². The summed E-state index contributed by atoms with van der Waals surface area (Å²) in [6, 6.07) is 10.2. The van der Waals surface area contributed by atoms with E-state index in [9.17, 15) is 9.18 Å². The predicted octanol–water partition coefficient (Wildman–Crippen LogP) is 3.62. The lowest BCUT2D eigenvalue weighted by Gasteiger charge is -2.10. The first-order chi connectivity index (χ1) is 8.67. The molecule has 0 saturated heterocycles. The Labute approximate surface area is 105 Å². The van der Waals surface area contributed by atoms with Crippen LogP contribution in [0.15, 0.2) is 36.4 Å². The highest BCUT2D eigenvalue weighted by Gasteiger charge is 2.12. The average Bonchev–Trinajstić information content (AvgIpc) is 2.39. The summed E-state index contributed by atoms with van der Waals surface area (Å²) in [5.74, 6) is -0.173. The molecule has 0 aromatic heterocycles. The monoisotopic (exact) mass is 244 g/mol. The summed E-state index contributed by atoms with van der Waals surface area (Å²) in [5, 5.41) is 0. The van der Waals surface area contributed by atoms with Gasteiger partial charge in [-0.2, -0.15) is 0 Å². The number of aldehydes is 1. The summed E-state index contributed by atoms with van der Waals surface area (Å²) in [6.07, 6.45) is 0.777. The van der Waals surface area contributed by atoms with Crippen LogP contribution < -0.4 is 4.74 Å². The number of hydrogen-bond donors (Lipinski definition) is 0. The minimum Gasteiger partial charge on any atom is -0.494 e. The average molecular weight is 244 g/mol. The lowest BCUT2D eigenvalue weighted by atomic mass is 9.98. The van der Waals surface area contributed by atoms with Crippen LogP contribution in [0.4, 0.5) is 4.39 Å². The van der Waals surface area contributed by atoms with Crippen molar-refractivity contribution in [2.45, 2.75) is 6.92 Å². The molecule has 18 heavy (non-hydrogen) atoms. The zero-order valence-corrected chi connectivity index (χ0v) is 10.2. The van der Waals surface area contributed by atoms with Crippen molar-refractivity contribution in [3.05, 3.63) is 53.3 Å². The molecule has 2 aromatic rings. The van der Waals surface area contributed by atoms with E-state index in [-0.39, 0.29) is 11.6 Å². The molecule has 0 bridgehead atoms. The van der Waals surface area contributed by atoms with E-state index in [2.05, 4.69) is 0 Å². The minimum absolute atomic E-state index is 0.214. The summed E-state index contributed by atoms with van der Waals surface area (Å²) in [5.41, 5.74) is 2.67. The topological polar surface area (TPSA) is 26.3 Å². The molecular weight excluding hydrogens is 231 g/mol. The van der Waals surface area contributed by atoms with Crippen LogP contribution in [0.3, 0.4) is 0 Å². The van der Waals surface area contributed by atoms with Gasteiger partial charge in [-0.3, -0.25) is 4.79 Å². The maximum absolute atomic E-state index is 14.1. The summed E-state index contributed by atoms with van der Waals surface area (Å²) in [4.78, 5) is 10.7. The van der Waals surface area contributed by atoms with Gasteiger partial charge >= 0.3 is 0 Å². The van der Waals surface area contributed by atoms with Crippen LogP contribution in [0, 0.1) is 12.7 Å². The van der Waals surface area contributed by atoms with Crippen molar-refractivity contribution >= 4 is 6.29 Å². The molecule has 0 atom stereocenters. The number of benzene rings is 2. The Balaban J connectivity index is 2.58. The van der Waals surface area contributed by atoms with E-state index in [4.69, 9.17) is 4.74 Å². The Kier molecular flexibility index (Phi) is 3.42. The molecule has 0 heterocycles. The van der Waals surface area contributed by atoms with E-state index in [0.717, 1.165) is 17.4 Å². The third kappa shape index (κ3) is 2.12. The molecule has 3 heteroatoms. The number of halogens is 1. The van der Waals surface area contributed by atoms with Gasteiger partial charge in [-0.1, -0.05) is 24.3 Å². The van der Waals surface area contributed by atoms with E-state index in [1.165, 1.54) is 7.11 Å². The highest BCUT2D eigenvalue weighted by atomic mass is 19.1. The number of methoxy groups -OCH3 is 1. The Bertz CT molecular complexity index is 591. The molecule has 92 valence electrons. The van der Waals surface area contributed by atoms with Crippen molar-refractivity contribution in [2.24, 2.45) is 0 Å². The van der Waals surface area contributed by atoms with Gasteiger partial charge in [-0.25, -0.2) is 4.39 Å². The molecule has 0 saturated carbocycles. The number of carbonyl (C=O) groups excluding carboxylic acids is 1. The van der Waals surface area contributed by atoms with Gasteiger partial charge < -0.3 is 4.74 Å². The van der Waals surface area contributed by atoms with Crippen molar-refractivity contribution in [2.75, 3.05) is 7.11 Å². The highest BCUT2D eigenvalue weighted by molar-refractivity contribution is 5.79. The summed E-state index contributed by atoms with van der Waals surface area (Å²) in [7, 11) is 1.44. The standard InChI is InChI=1S/C15H13FO2/c1-10-8-11(9-17)6-7-12(10)13-4-3-5-14(18-2)15(13)16/h3-9H,1-2H3. The summed E-state index contributed by atoms with van der Waals surface area (Å²) < 4.78 is 19.1.